The number of nitrogens with one attached hydrogen (secondary N) is 1. The van der Waals surface area contributed by atoms with E-state index in [4.69, 9.17) is 4.74 Å². The Bertz CT molecular complexity index is 911. The van der Waals surface area contributed by atoms with Gasteiger partial charge in [-0.3, -0.25) is 9.69 Å². The predicted octanol–water partition coefficient (Wildman–Crippen LogP) is 3.92. The Balaban J connectivity index is 1.51. The van der Waals surface area contributed by atoms with Gasteiger partial charge in [-0.1, -0.05) is 48.5 Å². The van der Waals surface area contributed by atoms with E-state index < -0.39 is 0 Å². The van der Waals surface area contributed by atoms with E-state index in [1.165, 1.54) is 0 Å². The zero-order valence-electron chi connectivity index (χ0n) is 14.7. The summed E-state index contributed by atoms with van der Waals surface area (Å²) in [4.78, 5) is 15.1. The number of carbonyl (C=O) groups excluding carboxylic acids is 1. The Morgan fingerprint density at radius 2 is 1.73 bits per heavy atom. The van der Waals surface area contributed by atoms with Crippen LogP contribution in [0.15, 0.2) is 66.7 Å². The number of carbonyl (C=O) groups is 1. The van der Waals surface area contributed by atoms with Crippen LogP contribution in [-0.4, -0.2) is 37.1 Å². The maximum absolute atomic E-state index is 12.8. The number of nitrogens with zero attached hydrogens (tertiary/aromatic N) is 1. The van der Waals surface area contributed by atoms with E-state index >= 15 is 0 Å². The molecular weight excluding hydrogens is 324 g/mol. The van der Waals surface area contributed by atoms with Gasteiger partial charge < -0.3 is 10.1 Å². The molecule has 3 aromatic carbocycles. The van der Waals surface area contributed by atoms with Crippen molar-refractivity contribution in [2.45, 2.75) is 6.54 Å². The van der Waals surface area contributed by atoms with Crippen molar-refractivity contribution in [1.82, 2.24) is 4.90 Å². The summed E-state index contributed by atoms with van der Waals surface area (Å²) in [6, 6.07) is 21.9. The number of morpholine rings is 1. The third-order valence-corrected chi connectivity index (χ3v) is 4.74. The summed E-state index contributed by atoms with van der Waals surface area (Å²) in [5.74, 6) is -0.0785. The van der Waals surface area contributed by atoms with Gasteiger partial charge in [0, 0.05) is 36.3 Å². The smallest absolute Gasteiger partial charge is 0.255 e. The van der Waals surface area contributed by atoms with Gasteiger partial charge >= 0.3 is 0 Å². The lowest BCUT2D eigenvalue weighted by atomic mass is 10.1. The summed E-state index contributed by atoms with van der Waals surface area (Å²) >= 11 is 0. The summed E-state index contributed by atoms with van der Waals surface area (Å²) in [6.07, 6.45) is 0. The molecule has 1 aliphatic heterocycles. The minimum absolute atomic E-state index is 0.0785. The first-order valence-corrected chi connectivity index (χ1v) is 8.98. The number of fused-ring (bicyclic) bond motifs is 1. The number of rotatable bonds is 4. The molecule has 1 aliphatic rings. The normalized spacial score (nSPS) is 15.1. The minimum atomic E-state index is -0.0785. The van der Waals surface area contributed by atoms with Crippen molar-refractivity contribution >= 4 is 22.4 Å². The number of ether oxygens (including phenoxy) is 1. The number of hydrogen-bond donors (Lipinski definition) is 1. The van der Waals surface area contributed by atoms with Crippen molar-refractivity contribution in [2.75, 3.05) is 31.6 Å². The van der Waals surface area contributed by atoms with E-state index in [9.17, 15) is 4.79 Å². The Labute approximate surface area is 153 Å². The van der Waals surface area contributed by atoms with Gasteiger partial charge in [0.1, 0.15) is 0 Å². The fourth-order valence-corrected chi connectivity index (χ4v) is 3.36. The standard InChI is InChI=1S/C22H22N2O2/c25-22(23-21-10-4-7-18-6-1-2-9-20(18)21)19-8-3-5-17(15-19)16-24-11-13-26-14-12-24/h1-10,15H,11-14,16H2,(H,23,25). The second-order valence-corrected chi connectivity index (χ2v) is 6.57. The van der Waals surface area contributed by atoms with Crippen LogP contribution in [-0.2, 0) is 11.3 Å². The Morgan fingerprint density at radius 1 is 0.962 bits per heavy atom. The zero-order valence-corrected chi connectivity index (χ0v) is 14.7. The molecule has 0 atom stereocenters. The quantitative estimate of drug-likeness (QED) is 0.778. The molecule has 3 aromatic rings. The Hall–Kier alpha value is -2.69. The molecule has 4 heteroatoms. The SMILES string of the molecule is O=C(Nc1cccc2ccccc12)c1cccc(CN2CCOCC2)c1. The fraction of sp³-hybridized carbons (Fsp3) is 0.227. The zero-order chi connectivity index (χ0) is 17.8. The van der Waals surface area contributed by atoms with Gasteiger partial charge in [0.2, 0.25) is 0 Å². The molecule has 0 aromatic heterocycles. The summed E-state index contributed by atoms with van der Waals surface area (Å²) in [7, 11) is 0. The molecule has 1 fully saturated rings. The van der Waals surface area contributed by atoms with Crippen LogP contribution in [0.4, 0.5) is 5.69 Å². The highest BCUT2D eigenvalue weighted by Gasteiger charge is 2.13. The van der Waals surface area contributed by atoms with Crippen LogP contribution in [0.3, 0.4) is 0 Å². The topological polar surface area (TPSA) is 41.6 Å². The predicted molar refractivity (Wildman–Crippen MR) is 104 cm³/mol. The molecule has 1 heterocycles. The first-order valence-electron chi connectivity index (χ1n) is 8.98. The van der Waals surface area contributed by atoms with E-state index in [-0.39, 0.29) is 5.91 Å². The largest absolute Gasteiger partial charge is 0.379 e. The highest BCUT2D eigenvalue weighted by atomic mass is 16.5. The van der Waals surface area contributed by atoms with Gasteiger partial charge in [-0.15, -0.1) is 0 Å². The molecular formula is C22H22N2O2. The molecule has 26 heavy (non-hydrogen) atoms. The van der Waals surface area contributed by atoms with Gasteiger partial charge in [-0.2, -0.15) is 0 Å². The molecule has 0 spiro atoms. The molecule has 0 aliphatic carbocycles. The van der Waals surface area contributed by atoms with Gasteiger partial charge in [-0.25, -0.2) is 0 Å². The highest BCUT2D eigenvalue weighted by molar-refractivity contribution is 6.09. The molecule has 0 saturated carbocycles. The van der Waals surface area contributed by atoms with Crippen molar-refractivity contribution in [1.29, 1.82) is 0 Å². The maximum atomic E-state index is 12.8. The van der Waals surface area contributed by atoms with Gasteiger partial charge in [0.25, 0.3) is 5.91 Å². The molecule has 1 amide bonds. The average molecular weight is 346 g/mol. The third kappa shape index (κ3) is 3.77. The van der Waals surface area contributed by atoms with Crippen molar-refractivity contribution in [3.63, 3.8) is 0 Å². The summed E-state index contributed by atoms with van der Waals surface area (Å²) < 4.78 is 5.40. The van der Waals surface area contributed by atoms with E-state index in [1.807, 2.05) is 60.7 Å². The first kappa shape index (κ1) is 16.8. The lowest BCUT2D eigenvalue weighted by Gasteiger charge is -2.26. The molecule has 0 bridgehead atoms. The van der Waals surface area contributed by atoms with Crippen LogP contribution in [0, 0.1) is 0 Å². The van der Waals surface area contributed by atoms with Crippen molar-refractivity contribution < 1.29 is 9.53 Å². The first-order chi connectivity index (χ1) is 12.8. The molecule has 1 N–H and O–H groups in total. The monoisotopic (exact) mass is 346 g/mol. The molecule has 132 valence electrons. The molecule has 0 radical (unpaired) electrons. The summed E-state index contributed by atoms with van der Waals surface area (Å²) in [5, 5.41) is 5.23. The Morgan fingerprint density at radius 3 is 2.62 bits per heavy atom. The van der Waals surface area contributed by atoms with Gasteiger partial charge in [0.05, 0.1) is 13.2 Å². The fourth-order valence-electron chi connectivity index (χ4n) is 3.36. The number of amides is 1. The second kappa shape index (κ2) is 7.68. The van der Waals surface area contributed by atoms with Crippen molar-refractivity contribution in [2.24, 2.45) is 0 Å². The van der Waals surface area contributed by atoms with Gasteiger partial charge in [0.15, 0.2) is 0 Å². The lowest BCUT2D eigenvalue weighted by molar-refractivity contribution is 0.0342. The van der Waals surface area contributed by atoms with Crippen LogP contribution >= 0.6 is 0 Å². The average Bonchev–Trinajstić information content (AvgIpc) is 2.69. The third-order valence-electron chi connectivity index (χ3n) is 4.74. The molecule has 4 rings (SSSR count). The van der Waals surface area contributed by atoms with Crippen LogP contribution in [0.25, 0.3) is 10.8 Å². The molecule has 1 saturated heterocycles. The van der Waals surface area contributed by atoms with E-state index in [1.54, 1.807) is 0 Å². The van der Waals surface area contributed by atoms with Crippen LogP contribution in [0.5, 0.6) is 0 Å². The van der Waals surface area contributed by atoms with Crippen LogP contribution < -0.4 is 5.32 Å². The maximum Gasteiger partial charge on any atom is 0.255 e. The van der Waals surface area contributed by atoms with Gasteiger partial charge in [-0.05, 0) is 29.1 Å². The highest BCUT2D eigenvalue weighted by Crippen LogP contribution is 2.23. The van der Waals surface area contributed by atoms with E-state index in [2.05, 4.69) is 16.3 Å². The number of benzene rings is 3. The van der Waals surface area contributed by atoms with E-state index in [0.29, 0.717) is 5.56 Å². The summed E-state index contributed by atoms with van der Waals surface area (Å²) in [5.41, 5.74) is 2.67. The minimum Gasteiger partial charge on any atom is -0.379 e. The number of anilines is 1. The Kier molecular flexibility index (Phi) is 4.95. The molecule has 4 nitrogen and oxygen atoms in total. The van der Waals surface area contributed by atoms with Crippen LogP contribution in [0.1, 0.15) is 15.9 Å². The lowest BCUT2D eigenvalue weighted by Crippen LogP contribution is -2.35. The number of hydrogen-bond acceptors (Lipinski definition) is 3. The second-order valence-electron chi connectivity index (χ2n) is 6.57. The summed E-state index contributed by atoms with van der Waals surface area (Å²) in [6.45, 7) is 4.28. The van der Waals surface area contributed by atoms with Crippen LogP contribution in [0.2, 0.25) is 0 Å². The van der Waals surface area contributed by atoms with Crippen molar-refractivity contribution in [3.8, 4) is 0 Å². The van der Waals surface area contributed by atoms with Crippen molar-refractivity contribution in [3.05, 3.63) is 77.9 Å². The molecule has 0 unspecified atom stereocenters. The van der Waals surface area contributed by atoms with E-state index in [0.717, 1.165) is 54.9 Å².